The molecule has 0 bridgehead atoms. The van der Waals surface area contributed by atoms with Crippen molar-refractivity contribution in [2.45, 2.75) is 38.9 Å². The van der Waals surface area contributed by atoms with Crippen LogP contribution in [0.5, 0.6) is 5.75 Å². The van der Waals surface area contributed by atoms with Gasteiger partial charge in [-0.05, 0) is 43.9 Å². The van der Waals surface area contributed by atoms with Gasteiger partial charge in [0.25, 0.3) is 0 Å². The molecular weight excluding hydrogens is 389 g/mol. The summed E-state index contributed by atoms with van der Waals surface area (Å²) in [6.07, 6.45) is -1.30. The molecule has 2 aromatic rings. The van der Waals surface area contributed by atoms with Gasteiger partial charge >= 0.3 is 6.18 Å². The van der Waals surface area contributed by atoms with Crippen LogP contribution in [0.15, 0.2) is 34.6 Å². The molecule has 0 saturated carbocycles. The fourth-order valence-electron chi connectivity index (χ4n) is 2.40. The molecule has 0 atom stereocenters. The third-order valence-corrected chi connectivity index (χ3v) is 4.81. The summed E-state index contributed by atoms with van der Waals surface area (Å²) in [5.74, 6) is 0.876. The maximum absolute atomic E-state index is 12.1. The third kappa shape index (κ3) is 8.60. The van der Waals surface area contributed by atoms with E-state index in [9.17, 15) is 13.2 Å². The maximum atomic E-state index is 12.1. The number of benzene rings is 1. The van der Waals surface area contributed by atoms with Crippen LogP contribution in [-0.2, 0) is 13.0 Å². The third-order valence-electron chi connectivity index (χ3n) is 3.79. The van der Waals surface area contributed by atoms with E-state index in [0.29, 0.717) is 12.5 Å². The number of aromatic nitrogens is 1. The molecule has 0 spiro atoms. The minimum Gasteiger partial charge on any atom is -0.484 e. The number of unbranched alkanes of at least 4 members (excludes halogenated alkanes) is 1. The van der Waals surface area contributed by atoms with Crippen LogP contribution in [0.25, 0.3) is 0 Å². The highest BCUT2D eigenvalue weighted by Crippen LogP contribution is 2.18. The molecule has 2 N–H and O–H groups in total. The number of rotatable bonds is 9. The monoisotopic (exact) mass is 414 g/mol. The number of nitrogens with one attached hydrogen (secondary N) is 2. The molecular formula is C19H25F3N4OS. The zero-order valence-corrected chi connectivity index (χ0v) is 16.8. The number of alkyl halides is 3. The number of ether oxygens (including phenoxy) is 1. The van der Waals surface area contributed by atoms with Gasteiger partial charge in [0, 0.05) is 31.2 Å². The van der Waals surface area contributed by atoms with E-state index < -0.39 is 12.8 Å². The first-order chi connectivity index (χ1) is 13.4. The van der Waals surface area contributed by atoms with E-state index in [1.165, 1.54) is 17.1 Å². The smallest absolute Gasteiger partial charge is 0.422 e. The fourth-order valence-corrected chi connectivity index (χ4v) is 3.22. The van der Waals surface area contributed by atoms with E-state index in [1.807, 2.05) is 6.92 Å². The normalized spacial score (nSPS) is 12.1. The second-order valence-electron chi connectivity index (χ2n) is 6.24. The first kappa shape index (κ1) is 22.0. The molecule has 0 radical (unpaired) electrons. The Balaban J connectivity index is 1.64. The first-order valence-corrected chi connectivity index (χ1v) is 9.88. The molecule has 5 nitrogen and oxygen atoms in total. The van der Waals surface area contributed by atoms with Crippen molar-refractivity contribution < 1.29 is 17.9 Å². The predicted molar refractivity (Wildman–Crippen MR) is 106 cm³/mol. The van der Waals surface area contributed by atoms with Gasteiger partial charge in [0.1, 0.15) is 5.75 Å². The van der Waals surface area contributed by atoms with Crippen LogP contribution in [0.3, 0.4) is 0 Å². The van der Waals surface area contributed by atoms with Crippen LogP contribution in [0, 0.1) is 6.92 Å². The largest absolute Gasteiger partial charge is 0.484 e. The zero-order chi connectivity index (χ0) is 20.4. The lowest BCUT2D eigenvalue weighted by Crippen LogP contribution is -2.37. The average molecular weight is 414 g/mol. The van der Waals surface area contributed by atoms with E-state index >= 15 is 0 Å². The lowest BCUT2D eigenvalue weighted by Gasteiger charge is -2.12. The Bertz CT molecular complexity index is 744. The van der Waals surface area contributed by atoms with Gasteiger partial charge in [-0.3, -0.25) is 4.99 Å². The molecule has 2 rings (SSSR count). The first-order valence-electron chi connectivity index (χ1n) is 9.00. The molecule has 0 fully saturated rings. The van der Waals surface area contributed by atoms with E-state index in [2.05, 4.69) is 26.0 Å². The van der Waals surface area contributed by atoms with Crippen LogP contribution >= 0.6 is 11.3 Å². The number of thiazole rings is 1. The van der Waals surface area contributed by atoms with Gasteiger partial charge in [-0.2, -0.15) is 13.2 Å². The number of hydrogen-bond acceptors (Lipinski definition) is 4. The van der Waals surface area contributed by atoms with Crippen molar-refractivity contribution in [3.63, 3.8) is 0 Å². The SMILES string of the molecule is CN=C(NCCCCc1nc(C)cs1)NCc1ccc(OCC(F)(F)F)cc1. The molecule has 0 aliphatic heterocycles. The molecule has 0 saturated heterocycles. The lowest BCUT2D eigenvalue weighted by molar-refractivity contribution is -0.153. The second-order valence-corrected chi connectivity index (χ2v) is 7.18. The van der Waals surface area contributed by atoms with Crippen LogP contribution in [0.2, 0.25) is 0 Å². The lowest BCUT2D eigenvalue weighted by atomic mass is 10.2. The van der Waals surface area contributed by atoms with Crippen LogP contribution in [-0.4, -0.2) is 37.3 Å². The molecule has 0 aliphatic carbocycles. The summed E-state index contributed by atoms with van der Waals surface area (Å²) < 4.78 is 41.1. The van der Waals surface area contributed by atoms with Gasteiger partial charge in [-0.25, -0.2) is 4.98 Å². The highest BCUT2D eigenvalue weighted by molar-refractivity contribution is 7.09. The van der Waals surface area contributed by atoms with Crippen molar-refractivity contribution in [3.05, 3.63) is 45.9 Å². The second kappa shape index (κ2) is 10.9. The Morgan fingerprint density at radius 1 is 1.18 bits per heavy atom. The topological polar surface area (TPSA) is 58.5 Å². The molecule has 0 unspecified atom stereocenters. The van der Waals surface area contributed by atoms with Crippen LogP contribution in [0.1, 0.15) is 29.1 Å². The highest BCUT2D eigenvalue weighted by atomic mass is 32.1. The number of halogens is 3. The van der Waals surface area contributed by atoms with E-state index in [0.717, 1.165) is 37.1 Å². The molecule has 0 aliphatic rings. The highest BCUT2D eigenvalue weighted by Gasteiger charge is 2.28. The summed E-state index contributed by atoms with van der Waals surface area (Å²) in [6.45, 7) is 2.02. The summed E-state index contributed by atoms with van der Waals surface area (Å²) in [4.78, 5) is 8.62. The Labute approximate surface area is 167 Å². The Morgan fingerprint density at radius 3 is 2.54 bits per heavy atom. The number of guanidine groups is 1. The van der Waals surface area contributed by atoms with E-state index in [1.54, 1.807) is 30.5 Å². The molecule has 0 amide bonds. The Morgan fingerprint density at radius 2 is 1.93 bits per heavy atom. The summed E-state index contributed by atoms with van der Waals surface area (Å²) in [6, 6.07) is 6.50. The molecule has 1 aromatic heterocycles. The predicted octanol–water partition coefficient (Wildman–Crippen LogP) is 4.08. The standard InChI is InChI=1S/C19H25F3N4OS/c1-14-12-28-17(26-14)5-3-4-10-24-18(23-2)25-11-15-6-8-16(9-7-15)27-13-19(20,21)22/h6-9,12H,3-5,10-11,13H2,1-2H3,(H2,23,24,25). The number of aryl methyl sites for hydroxylation is 2. The van der Waals surface area contributed by atoms with Gasteiger partial charge in [-0.15, -0.1) is 11.3 Å². The Hall–Kier alpha value is -2.29. The van der Waals surface area contributed by atoms with Gasteiger partial charge in [-0.1, -0.05) is 12.1 Å². The number of aliphatic imine (C=N–C) groups is 1. The molecule has 154 valence electrons. The van der Waals surface area contributed by atoms with Gasteiger partial charge in [0.15, 0.2) is 12.6 Å². The van der Waals surface area contributed by atoms with Crippen LogP contribution in [0.4, 0.5) is 13.2 Å². The minimum atomic E-state index is -4.34. The number of nitrogens with zero attached hydrogens (tertiary/aromatic N) is 2. The summed E-state index contributed by atoms with van der Waals surface area (Å²) >= 11 is 1.70. The number of hydrogen-bond donors (Lipinski definition) is 2. The minimum absolute atomic E-state index is 0.194. The van der Waals surface area contributed by atoms with Gasteiger partial charge in [0.05, 0.1) is 5.01 Å². The van der Waals surface area contributed by atoms with Crippen molar-refractivity contribution in [3.8, 4) is 5.75 Å². The Kier molecular flexibility index (Phi) is 8.56. The fraction of sp³-hybridized carbons (Fsp3) is 0.474. The quantitative estimate of drug-likeness (QED) is 0.369. The van der Waals surface area contributed by atoms with E-state index in [4.69, 9.17) is 4.74 Å². The maximum Gasteiger partial charge on any atom is 0.422 e. The van der Waals surface area contributed by atoms with Crippen LogP contribution < -0.4 is 15.4 Å². The summed E-state index contributed by atoms with van der Waals surface area (Å²) in [5.41, 5.74) is 1.99. The van der Waals surface area contributed by atoms with Crippen molar-refractivity contribution in [2.75, 3.05) is 20.2 Å². The van der Waals surface area contributed by atoms with E-state index in [-0.39, 0.29) is 5.75 Å². The van der Waals surface area contributed by atoms with Gasteiger partial charge in [0.2, 0.25) is 0 Å². The van der Waals surface area contributed by atoms with Crippen molar-refractivity contribution in [1.82, 2.24) is 15.6 Å². The van der Waals surface area contributed by atoms with Crippen molar-refractivity contribution >= 4 is 17.3 Å². The summed E-state index contributed by atoms with van der Waals surface area (Å²) in [7, 11) is 1.70. The average Bonchev–Trinajstić information content (AvgIpc) is 3.07. The molecule has 28 heavy (non-hydrogen) atoms. The summed E-state index contributed by atoms with van der Waals surface area (Å²) in [5, 5.41) is 9.67. The zero-order valence-electron chi connectivity index (χ0n) is 16.0. The van der Waals surface area contributed by atoms with Crippen molar-refractivity contribution in [2.24, 2.45) is 4.99 Å². The molecule has 1 aromatic carbocycles. The van der Waals surface area contributed by atoms with Crippen molar-refractivity contribution in [1.29, 1.82) is 0 Å². The molecule has 1 heterocycles. The van der Waals surface area contributed by atoms with Gasteiger partial charge < -0.3 is 15.4 Å². The molecule has 9 heteroatoms.